The van der Waals surface area contributed by atoms with E-state index in [1.807, 2.05) is 0 Å². The van der Waals surface area contributed by atoms with Crippen LogP contribution in [0.2, 0.25) is 0 Å². The number of hydrogen-bond donors (Lipinski definition) is 5. The summed E-state index contributed by atoms with van der Waals surface area (Å²) in [5.74, 6) is 0. The molecule has 5 unspecified atom stereocenters. The van der Waals surface area contributed by atoms with Crippen LogP contribution in [0, 0.1) is 0 Å². The molecule has 0 bridgehead atoms. The summed E-state index contributed by atoms with van der Waals surface area (Å²) in [6, 6.07) is 0. The fourth-order valence-corrected chi connectivity index (χ4v) is 3.05. The van der Waals surface area contributed by atoms with Crippen LogP contribution in [0.15, 0.2) is 17.8 Å². The number of aliphatic hydroxyl groups excluding tert-OH is 4. The summed E-state index contributed by atoms with van der Waals surface area (Å²) >= 11 is 0.727. The third kappa shape index (κ3) is 6.35. The van der Waals surface area contributed by atoms with E-state index >= 15 is 0 Å². The van der Waals surface area contributed by atoms with Crippen molar-refractivity contribution in [3.05, 3.63) is 12.7 Å². The maximum Gasteiger partial charge on any atom is 0.466 e. The molecule has 1 aliphatic rings. The van der Waals surface area contributed by atoms with E-state index in [4.69, 9.17) is 14.4 Å². The second-order valence-electron chi connectivity index (χ2n) is 4.63. The number of oxime groups is 1. The lowest BCUT2D eigenvalue weighted by molar-refractivity contribution is -0.205. The Hall–Kier alpha value is -0.730. The molecule has 0 spiro atoms. The molecule has 23 heavy (non-hydrogen) atoms. The topological polar surface area (TPSA) is 166 Å². The highest BCUT2D eigenvalue weighted by Crippen LogP contribution is 2.30. The molecule has 0 aromatic heterocycles. The molecule has 0 aromatic carbocycles. The summed E-state index contributed by atoms with van der Waals surface area (Å²) in [6.07, 6.45) is -3.62. The van der Waals surface area contributed by atoms with Gasteiger partial charge >= 0.3 is 10.4 Å². The largest absolute Gasteiger partial charge is 0.466 e. The number of nitrogens with zero attached hydrogens (tertiary/aromatic N) is 1. The van der Waals surface area contributed by atoms with E-state index in [9.17, 15) is 23.7 Å². The van der Waals surface area contributed by atoms with Crippen LogP contribution < -0.4 is 0 Å². The highest BCUT2D eigenvalue weighted by molar-refractivity contribution is 8.14. The van der Waals surface area contributed by atoms with Gasteiger partial charge in [-0.15, -0.1) is 6.58 Å². The second kappa shape index (κ2) is 8.94. The van der Waals surface area contributed by atoms with Gasteiger partial charge in [0.1, 0.15) is 34.9 Å². The average Bonchev–Trinajstić information content (AvgIpc) is 2.49. The Morgan fingerprint density at radius 2 is 1.96 bits per heavy atom. The van der Waals surface area contributed by atoms with Crippen molar-refractivity contribution in [2.24, 2.45) is 5.16 Å². The van der Waals surface area contributed by atoms with E-state index in [2.05, 4.69) is 16.0 Å². The summed E-state index contributed by atoms with van der Waals surface area (Å²) in [6.45, 7) is 2.90. The lowest BCUT2D eigenvalue weighted by Gasteiger charge is -2.39. The van der Waals surface area contributed by atoms with E-state index in [1.54, 1.807) is 0 Å². The monoisotopic (exact) mass is 373 g/mol. The van der Waals surface area contributed by atoms with Gasteiger partial charge in [0.2, 0.25) is 0 Å². The summed E-state index contributed by atoms with van der Waals surface area (Å²) in [5, 5.41) is 41.7. The summed E-state index contributed by atoms with van der Waals surface area (Å²) in [5.41, 5.74) is -1.14. The zero-order chi connectivity index (χ0) is 17.6. The molecule has 5 N–H and O–H groups in total. The summed E-state index contributed by atoms with van der Waals surface area (Å²) < 4.78 is 38.9. The van der Waals surface area contributed by atoms with Gasteiger partial charge in [-0.2, -0.15) is 8.42 Å². The molecule has 1 rings (SSSR count). The lowest BCUT2D eigenvalue weighted by atomic mass is 10.0. The van der Waals surface area contributed by atoms with Gasteiger partial charge in [-0.3, -0.25) is 4.55 Å². The number of rotatable bonds is 7. The molecule has 12 heteroatoms. The van der Waals surface area contributed by atoms with E-state index in [1.165, 1.54) is 6.08 Å². The van der Waals surface area contributed by atoms with Crippen molar-refractivity contribution in [3.8, 4) is 0 Å². The average molecular weight is 373 g/mol. The predicted molar refractivity (Wildman–Crippen MR) is 80.9 cm³/mol. The van der Waals surface area contributed by atoms with Crippen LogP contribution >= 0.6 is 11.8 Å². The zero-order valence-corrected chi connectivity index (χ0v) is 13.6. The van der Waals surface area contributed by atoms with Gasteiger partial charge in [-0.05, 0) is 6.42 Å². The van der Waals surface area contributed by atoms with Crippen molar-refractivity contribution in [3.63, 3.8) is 0 Å². The molecule has 5 atom stereocenters. The fraction of sp³-hybridized carbons (Fsp3) is 0.727. The summed E-state index contributed by atoms with van der Waals surface area (Å²) in [4.78, 5) is 0. The Balaban J connectivity index is 2.86. The van der Waals surface area contributed by atoms with Crippen LogP contribution in [0.5, 0.6) is 0 Å². The van der Waals surface area contributed by atoms with Crippen LogP contribution in [-0.2, 0) is 19.4 Å². The van der Waals surface area contributed by atoms with Crippen LogP contribution in [0.1, 0.15) is 12.8 Å². The van der Waals surface area contributed by atoms with Crippen LogP contribution in [0.4, 0.5) is 0 Å². The van der Waals surface area contributed by atoms with Gasteiger partial charge in [-0.25, -0.2) is 4.28 Å². The number of aliphatic hydroxyl groups is 4. The number of hydrogen-bond acceptors (Lipinski definition) is 10. The van der Waals surface area contributed by atoms with Crippen LogP contribution in [0.3, 0.4) is 0 Å². The van der Waals surface area contributed by atoms with E-state index in [0.29, 0.717) is 6.42 Å². The van der Waals surface area contributed by atoms with Crippen molar-refractivity contribution in [2.75, 3.05) is 6.61 Å². The minimum absolute atomic E-state index is 0.0341. The molecule has 0 aromatic rings. The summed E-state index contributed by atoms with van der Waals surface area (Å²) in [7, 11) is -4.79. The maximum atomic E-state index is 10.6. The zero-order valence-electron chi connectivity index (χ0n) is 11.9. The fourth-order valence-electron chi connectivity index (χ4n) is 1.74. The molecular formula is C11H19NO9S2. The van der Waals surface area contributed by atoms with Gasteiger partial charge in [0.05, 0.1) is 6.61 Å². The van der Waals surface area contributed by atoms with Gasteiger partial charge in [0.25, 0.3) is 0 Å². The molecular weight excluding hydrogens is 354 g/mol. The predicted octanol–water partition coefficient (Wildman–Crippen LogP) is -1.38. The normalized spacial score (nSPS) is 32.6. The Morgan fingerprint density at radius 3 is 2.48 bits per heavy atom. The Labute approximate surface area is 137 Å². The van der Waals surface area contributed by atoms with Gasteiger partial charge in [-0.1, -0.05) is 23.0 Å². The van der Waals surface area contributed by atoms with Gasteiger partial charge in [0.15, 0.2) is 0 Å². The minimum Gasteiger partial charge on any atom is -0.394 e. The Kier molecular flexibility index (Phi) is 7.89. The first-order chi connectivity index (χ1) is 10.7. The van der Waals surface area contributed by atoms with Crippen molar-refractivity contribution >= 4 is 27.2 Å². The molecule has 10 nitrogen and oxygen atoms in total. The third-order valence-corrected chi connectivity index (χ3v) is 4.33. The second-order valence-corrected chi connectivity index (χ2v) is 6.81. The minimum atomic E-state index is -4.79. The SMILES string of the molecule is C=CCCC(=NOS(=O)(=O)O)SC1OC(CO)C(O)C(O)C1O. The Bertz CT molecular complexity index is 522. The van der Waals surface area contributed by atoms with Gasteiger partial charge < -0.3 is 25.2 Å². The molecule has 1 heterocycles. The molecule has 0 radical (unpaired) electrons. The van der Waals surface area contributed by atoms with Gasteiger partial charge in [0, 0.05) is 6.42 Å². The molecule has 0 saturated carbocycles. The quantitative estimate of drug-likeness (QED) is 0.118. The first-order valence-corrected chi connectivity index (χ1v) is 8.75. The first-order valence-electron chi connectivity index (χ1n) is 6.50. The molecule has 1 saturated heterocycles. The van der Waals surface area contributed by atoms with E-state index < -0.39 is 46.9 Å². The number of ether oxygens (including phenoxy) is 1. The maximum absolute atomic E-state index is 10.6. The van der Waals surface area contributed by atoms with Crippen molar-refractivity contribution in [1.82, 2.24) is 0 Å². The molecule has 134 valence electrons. The lowest BCUT2D eigenvalue weighted by Crippen LogP contribution is -2.57. The third-order valence-electron chi connectivity index (χ3n) is 2.90. The highest BCUT2D eigenvalue weighted by atomic mass is 32.3. The van der Waals surface area contributed by atoms with Crippen molar-refractivity contribution in [2.45, 2.75) is 42.7 Å². The van der Waals surface area contributed by atoms with Crippen LogP contribution in [-0.4, -0.2) is 74.9 Å². The highest BCUT2D eigenvalue weighted by Gasteiger charge is 2.44. The first kappa shape index (κ1) is 20.3. The number of allylic oxidation sites excluding steroid dienone is 1. The smallest absolute Gasteiger partial charge is 0.394 e. The van der Waals surface area contributed by atoms with E-state index in [0.717, 1.165) is 11.8 Å². The van der Waals surface area contributed by atoms with Crippen molar-refractivity contribution < 1.29 is 42.4 Å². The number of thioether (sulfide) groups is 1. The Morgan fingerprint density at radius 1 is 1.30 bits per heavy atom. The molecule has 0 amide bonds. The molecule has 1 fully saturated rings. The molecule has 0 aliphatic carbocycles. The van der Waals surface area contributed by atoms with Crippen molar-refractivity contribution in [1.29, 1.82) is 0 Å². The standard InChI is InChI=1S/C11H19NO9S2/c1-2-3-4-7(12-21-23(17,18)19)22-11-10(16)9(15)8(14)6(5-13)20-11/h2,6,8-11,13-16H,1,3-5H2,(H,17,18,19). The molecule has 1 aliphatic heterocycles. The van der Waals surface area contributed by atoms with E-state index in [-0.39, 0.29) is 11.5 Å². The van der Waals surface area contributed by atoms with Crippen LogP contribution in [0.25, 0.3) is 0 Å².